The standard InChI is InChI=1S/C22H25N3O4S/c1-4-28-18-11-10-16(14-19(18)29-5-2)24-21(26)15-25(3)22(27)17-8-6-7-9-20(17)30-13-12-23/h6-11,14H,4-5,13,15H2,1-3H3,(H,24,26). The molecule has 7 nitrogen and oxygen atoms in total. The Morgan fingerprint density at radius 2 is 1.80 bits per heavy atom. The summed E-state index contributed by atoms with van der Waals surface area (Å²) in [5.74, 6) is 0.780. The van der Waals surface area contributed by atoms with Gasteiger partial charge in [-0.1, -0.05) is 12.1 Å². The first-order valence-electron chi connectivity index (χ1n) is 9.53. The molecule has 2 amide bonds. The molecule has 0 saturated carbocycles. The molecule has 0 heterocycles. The largest absolute Gasteiger partial charge is 0.490 e. The number of carbonyl (C=O) groups is 2. The molecule has 30 heavy (non-hydrogen) atoms. The Labute approximate surface area is 181 Å². The van der Waals surface area contributed by atoms with Crippen molar-refractivity contribution < 1.29 is 19.1 Å². The molecule has 0 unspecified atom stereocenters. The van der Waals surface area contributed by atoms with E-state index in [1.54, 1.807) is 43.4 Å². The van der Waals surface area contributed by atoms with Gasteiger partial charge < -0.3 is 19.7 Å². The number of rotatable bonds is 10. The van der Waals surface area contributed by atoms with Crippen LogP contribution in [0.25, 0.3) is 0 Å². The SMILES string of the molecule is CCOc1ccc(NC(=O)CN(C)C(=O)c2ccccc2SCC#N)cc1OCC. The fraction of sp³-hybridized carbons (Fsp3) is 0.318. The first-order valence-corrected chi connectivity index (χ1v) is 10.5. The highest BCUT2D eigenvalue weighted by molar-refractivity contribution is 7.99. The topological polar surface area (TPSA) is 91.7 Å². The molecule has 1 N–H and O–H groups in total. The molecule has 0 aliphatic carbocycles. The van der Waals surface area contributed by atoms with E-state index < -0.39 is 0 Å². The van der Waals surface area contributed by atoms with E-state index in [2.05, 4.69) is 11.4 Å². The van der Waals surface area contributed by atoms with Crippen molar-refractivity contribution in [2.75, 3.05) is 37.9 Å². The van der Waals surface area contributed by atoms with Crippen LogP contribution in [0.4, 0.5) is 5.69 Å². The summed E-state index contributed by atoms with van der Waals surface area (Å²) < 4.78 is 11.1. The zero-order valence-corrected chi connectivity index (χ0v) is 18.1. The van der Waals surface area contributed by atoms with Gasteiger partial charge in [0.05, 0.1) is 37.1 Å². The van der Waals surface area contributed by atoms with Crippen molar-refractivity contribution in [1.82, 2.24) is 4.90 Å². The lowest BCUT2D eigenvalue weighted by atomic mass is 10.2. The number of likely N-dealkylation sites (N-methyl/N-ethyl adjacent to an activating group) is 1. The van der Waals surface area contributed by atoms with E-state index in [-0.39, 0.29) is 24.1 Å². The minimum Gasteiger partial charge on any atom is -0.490 e. The number of thioether (sulfide) groups is 1. The van der Waals surface area contributed by atoms with E-state index in [9.17, 15) is 9.59 Å². The molecule has 0 aromatic heterocycles. The number of anilines is 1. The number of amides is 2. The first kappa shape index (κ1) is 23.1. The third-order valence-electron chi connectivity index (χ3n) is 3.96. The maximum Gasteiger partial charge on any atom is 0.255 e. The van der Waals surface area contributed by atoms with Gasteiger partial charge in [0.2, 0.25) is 5.91 Å². The molecule has 2 aromatic rings. The number of hydrogen-bond acceptors (Lipinski definition) is 6. The van der Waals surface area contributed by atoms with Gasteiger partial charge in [-0.3, -0.25) is 9.59 Å². The molecule has 0 aliphatic rings. The van der Waals surface area contributed by atoms with Gasteiger partial charge in [-0.15, -0.1) is 11.8 Å². The highest BCUT2D eigenvalue weighted by Gasteiger charge is 2.18. The van der Waals surface area contributed by atoms with E-state index in [1.165, 1.54) is 16.7 Å². The summed E-state index contributed by atoms with van der Waals surface area (Å²) >= 11 is 1.29. The summed E-state index contributed by atoms with van der Waals surface area (Å²) in [7, 11) is 1.57. The molecular weight excluding hydrogens is 402 g/mol. The molecular formula is C22H25N3O4S. The van der Waals surface area contributed by atoms with Crippen LogP contribution in [0.1, 0.15) is 24.2 Å². The Kier molecular flexibility index (Phi) is 9.03. The van der Waals surface area contributed by atoms with Gasteiger partial charge in [-0.05, 0) is 38.1 Å². The monoisotopic (exact) mass is 427 g/mol. The lowest BCUT2D eigenvalue weighted by molar-refractivity contribution is -0.116. The quantitative estimate of drug-likeness (QED) is 0.580. The number of nitrogens with one attached hydrogen (secondary N) is 1. The average Bonchev–Trinajstić information content (AvgIpc) is 2.74. The second kappa shape index (κ2) is 11.7. The molecule has 8 heteroatoms. The van der Waals surface area contributed by atoms with E-state index in [4.69, 9.17) is 14.7 Å². The van der Waals surface area contributed by atoms with Gasteiger partial charge in [-0.25, -0.2) is 0 Å². The second-order valence-electron chi connectivity index (χ2n) is 6.18. The van der Waals surface area contributed by atoms with Crippen LogP contribution in [0.15, 0.2) is 47.4 Å². The number of hydrogen-bond donors (Lipinski definition) is 1. The molecule has 0 aliphatic heterocycles. The van der Waals surface area contributed by atoms with Gasteiger partial charge in [0.1, 0.15) is 0 Å². The number of nitrogens with zero attached hydrogens (tertiary/aromatic N) is 2. The number of carbonyl (C=O) groups excluding carboxylic acids is 2. The number of ether oxygens (including phenoxy) is 2. The smallest absolute Gasteiger partial charge is 0.255 e. The fourth-order valence-electron chi connectivity index (χ4n) is 2.70. The minimum atomic E-state index is -0.334. The zero-order valence-electron chi connectivity index (χ0n) is 17.3. The molecule has 0 saturated heterocycles. The summed E-state index contributed by atoms with van der Waals surface area (Å²) in [6.45, 7) is 4.61. The predicted molar refractivity (Wildman–Crippen MR) is 117 cm³/mol. The summed E-state index contributed by atoms with van der Waals surface area (Å²) in [4.78, 5) is 27.3. The summed E-state index contributed by atoms with van der Waals surface area (Å²) in [6, 6.07) is 14.3. The van der Waals surface area contributed by atoms with E-state index in [1.807, 2.05) is 19.9 Å². The normalized spacial score (nSPS) is 10.1. The summed E-state index contributed by atoms with van der Waals surface area (Å²) in [5.41, 5.74) is 1.02. The maximum absolute atomic E-state index is 12.8. The van der Waals surface area contributed by atoms with Crippen LogP contribution in [-0.4, -0.2) is 49.3 Å². The lowest BCUT2D eigenvalue weighted by Crippen LogP contribution is -2.35. The third kappa shape index (κ3) is 6.42. The Morgan fingerprint density at radius 1 is 1.10 bits per heavy atom. The molecule has 0 bridgehead atoms. The molecule has 158 valence electrons. The molecule has 0 atom stereocenters. The van der Waals surface area contributed by atoms with Crippen LogP contribution in [0.3, 0.4) is 0 Å². The zero-order chi connectivity index (χ0) is 21.9. The lowest BCUT2D eigenvalue weighted by Gasteiger charge is -2.19. The third-order valence-corrected chi connectivity index (χ3v) is 4.90. The Morgan fingerprint density at radius 3 is 2.50 bits per heavy atom. The van der Waals surface area contributed by atoms with Crippen LogP contribution in [-0.2, 0) is 4.79 Å². The Balaban J connectivity index is 2.05. The predicted octanol–water partition coefficient (Wildman–Crippen LogP) is 3.81. The van der Waals surface area contributed by atoms with Crippen molar-refractivity contribution in [3.8, 4) is 17.6 Å². The first-order chi connectivity index (χ1) is 14.5. The van der Waals surface area contributed by atoms with Crippen LogP contribution >= 0.6 is 11.8 Å². The summed E-state index contributed by atoms with van der Waals surface area (Å²) in [5, 5.41) is 11.6. The number of benzene rings is 2. The van der Waals surface area contributed by atoms with Crippen molar-refractivity contribution >= 4 is 29.3 Å². The van der Waals surface area contributed by atoms with Crippen LogP contribution in [0.5, 0.6) is 11.5 Å². The van der Waals surface area contributed by atoms with Crippen LogP contribution < -0.4 is 14.8 Å². The van der Waals surface area contributed by atoms with Crippen molar-refractivity contribution in [3.05, 3.63) is 48.0 Å². The van der Waals surface area contributed by atoms with Crippen molar-refractivity contribution in [3.63, 3.8) is 0 Å². The van der Waals surface area contributed by atoms with Crippen LogP contribution in [0, 0.1) is 11.3 Å². The number of nitriles is 1. The van der Waals surface area contributed by atoms with Gasteiger partial charge in [0.15, 0.2) is 11.5 Å². The van der Waals surface area contributed by atoms with Crippen molar-refractivity contribution in [2.24, 2.45) is 0 Å². The Hall–Kier alpha value is -3.18. The van der Waals surface area contributed by atoms with Crippen molar-refractivity contribution in [1.29, 1.82) is 5.26 Å². The fourth-order valence-corrected chi connectivity index (χ4v) is 3.41. The average molecular weight is 428 g/mol. The molecule has 0 fully saturated rings. The highest BCUT2D eigenvalue weighted by atomic mass is 32.2. The van der Waals surface area contributed by atoms with E-state index in [0.717, 1.165) is 0 Å². The molecule has 0 radical (unpaired) electrons. The van der Waals surface area contributed by atoms with Gasteiger partial charge in [0.25, 0.3) is 5.91 Å². The molecule has 0 spiro atoms. The van der Waals surface area contributed by atoms with Crippen LogP contribution in [0.2, 0.25) is 0 Å². The van der Waals surface area contributed by atoms with Gasteiger partial charge in [0, 0.05) is 23.7 Å². The second-order valence-corrected chi connectivity index (χ2v) is 7.20. The highest BCUT2D eigenvalue weighted by Crippen LogP contribution is 2.30. The maximum atomic E-state index is 12.8. The van der Waals surface area contributed by atoms with E-state index in [0.29, 0.717) is 40.9 Å². The van der Waals surface area contributed by atoms with Crippen molar-refractivity contribution in [2.45, 2.75) is 18.7 Å². The summed E-state index contributed by atoms with van der Waals surface area (Å²) in [6.07, 6.45) is 0. The van der Waals surface area contributed by atoms with Gasteiger partial charge >= 0.3 is 0 Å². The minimum absolute atomic E-state index is 0.118. The molecule has 2 aromatic carbocycles. The Bertz CT molecular complexity index is 927. The van der Waals surface area contributed by atoms with E-state index >= 15 is 0 Å². The molecule has 2 rings (SSSR count). The van der Waals surface area contributed by atoms with Gasteiger partial charge in [-0.2, -0.15) is 5.26 Å².